The van der Waals surface area contributed by atoms with Gasteiger partial charge >= 0.3 is 0 Å². The Morgan fingerprint density at radius 3 is 2.71 bits per heavy atom. The van der Waals surface area contributed by atoms with Crippen molar-refractivity contribution >= 4 is 14.3 Å². The van der Waals surface area contributed by atoms with E-state index in [1.54, 1.807) is 0 Å². The molecule has 0 aromatic heterocycles. The second-order valence-electron chi connectivity index (χ2n) is 6.91. The van der Waals surface area contributed by atoms with Crippen molar-refractivity contribution in [1.82, 2.24) is 5.01 Å². The molecule has 0 N–H and O–H groups in total. The van der Waals surface area contributed by atoms with Crippen LogP contribution in [0.25, 0.3) is 0 Å². The number of nitrogens with zero attached hydrogens (tertiary/aromatic N) is 2. The van der Waals surface area contributed by atoms with Crippen molar-refractivity contribution in [3.8, 4) is 0 Å². The molecule has 1 aliphatic rings. The molecule has 0 aliphatic carbocycles. The fraction of sp³-hybridized carbons (Fsp3) is 0.471. The van der Waals surface area contributed by atoms with Crippen LogP contribution in [0, 0.1) is 0 Å². The second kappa shape index (κ2) is 6.58. The van der Waals surface area contributed by atoms with Crippen LogP contribution in [0.1, 0.15) is 24.1 Å². The third-order valence-electron chi connectivity index (χ3n) is 3.62. The molecule has 1 unspecified atom stereocenters. The Bertz CT molecular complexity index is 534. The summed E-state index contributed by atoms with van der Waals surface area (Å²) in [4.78, 5) is 0. The van der Waals surface area contributed by atoms with E-state index in [9.17, 15) is 0 Å². The molecule has 1 heterocycles. The highest BCUT2D eigenvalue weighted by atomic mass is 28.3. The lowest BCUT2D eigenvalue weighted by Gasteiger charge is -2.33. The number of fused-ring (bicyclic) bond motifs is 1. The lowest BCUT2D eigenvalue weighted by atomic mass is 9.95. The van der Waals surface area contributed by atoms with Crippen molar-refractivity contribution in [2.45, 2.75) is 38.7 Å². The molecule has 1 aromatic rings. The first kappa shape index (κ1) is 16.0. The zero-order valence-corrected chi connectivity index (χ0v) is 14.6. The van der Waals surface area contributed by atoms with Crippen molar-refractivity contribution in [2.24, 2.45) is 5.10 Å². The summed E-state index contributed by atoms with van der Waals surface area (Å²) >= 11 is 0. The van der Waals surface area contributed by atoms with E-state index in [0.29, 0.717) is 6.73 Å². The molecule has 1 atom stereocenters. The van der Waals surface area contributed by atoms with Crippen LogP contribution in [-0.2, 0) is 4.74 Å². The van der Waals surface area contributed by atoms with E-state index < -0.39 is 8.07 Å². The summed E-state index contributed by atoms with van der Waals surface area (Å²) in [6, 6.07) is 9.64. The van der Waals surface area contributed by atoms with E-state index in [1.165, 1.54) is 17.2 Å². The van der Waals surface area contributed by atoms with Gasteiger partial charge in [-0.1, -0.05) is 56.1 Å². The molecule has 0 bridgehead atoms. The molecule has 0 saturated carbocycles. The quantitative estimate of drug-likeness (QED) is 0.445. The van der Waals surface area contributed by atoms with Gasteiger partial charge in [0.2, 0.25) is 0 Å². The number of ether oxygens (including phenoxy) is 1. The molecule has 0 amide bonds. The fourth-order valence-electron chi connectivity index (χ4n) is 2.41. The zero-order chi connectivity index (χ0) is 15.5. The number of benzene rings is 1. The molecule has 0 spiro atoms. The lowest BCUT2D eigenvalue weighted by molar-refractivity contribution is 0.0182. The largest absolute Gasteiger partial charge is 0.360 e. The number of rotatable bonds is 6. The summed E-state index contributed by atoms with van der Waals surface area (Å²) in [5.41, 5.74) is 3.52. The Kier molecular flexibility index (Phi) is 5.01. The van der Waals surface area contributed by atoms with Crippen LogP contribution in [0.3, 0.4) is 0 Å². The van der Waals surface area contributed by atoms with Gasteiger partial charge in [0.25, 0.3) is 0 Å². The van der Waals surface area contributed by atoms with Crippen LogP contribution < -0.4 is 0 Å². The molecular formula is C17H26N2OSi. The average molecular weight is 302 g/mol. The van der Waals surface area contributed by atoms with Crippen molar-refractivity contribution in [3.63, 3.8) is 0 Å². The molecule has 0 fully saturated rings. The predicted octanol–water partition coefficient (Wildman–Crippen LogP) is 4.27. The maximum absolute atomic E-state index is 5.85. The molecule has 0 saturated heterocycles. The van der Waals surface area contributed by atoms with E-state index in [0.717, 1.165) is 12.2 Å². The van der Waals surface area contributed by atoms with Gasteiger partial charge in [0, 0.05) is 20.2 Å². The Balaban J connectivity index is 2.02. The number of hydrogen-bond acceptors (Lipinski definition) is 3. The van der Waals surface area contributed by atoms with E-state index in [1.807, 2.05) is 17.3 Å². The first-order valence-corrected chi connectivity index (χ1v) is 11.2. The summed E-state index contributed by atoms with van der Waals surface area (Å²) in [6.45, 7) is 14.6. The minimum Gasteiger partial charge on any atom is -0.360 e. The average Bonchev–Trinajstić information content (AvgIpc) is 2.41. The summed E-state index contributed by atoms with van der Waals surface area (Å²) in [7, 11) is -1.04. The van der Waals surface area contributed by atoms with Crippen LogP contribution in [0.4, 0.5) is 0 Å². The first-order valence-electron chi connectivity index (χ1n) is 7.51. The fourth-order valence-corrected chi connectivity index (χ4v) is 3.16. The van der Waals surface area contributed by atoms with Gasteiger partial charge in [-0.25, -0.2) is 0 Å². The summed E-state index contributed by atoms with van der Waals surface area (Å²) in [6.07, 6.45) is 1.91. The van der Waals surface area contributed by atoms with E-state index in [-0.39, 0.29) is 6.04 Å². The molecule has 4 heteroatoms. The van der Waals surface area contributed by atoms with E-state index in [4.69, 9.17) is 4.74 Å². The van der Waals surface area contributed by atoms with Crippen LogP contribution >= 0.6 is 0 Å². The predicted molar refractivity (Wildman–Crippen MR) is 92.4 cm³/mol. The Hall–Kier alpha value is -1.39. The van der Waals surface area contributed by atoms with Gasteiger partial charge in [-0.3, -0.25) is 5.01 Å². The van der Waals surface area contributed by atoms with Crippen LogP contribution in [0.15, 0.2) is 41.5 Å². The van der Waals surface area contributed by atoms with Crippen molar-refractivity contribution in [2.75, 3.05) is 13.3 Å². The molecule has 114 valence electrons. The van der Waals surface area contributed by atoms with Crippen molar-refractivity contribution in [3.05, 3.63) is 47.5 Å². The van der Waals surface area contributed by atoms with E-state index >= 15 is 0 Å². The maximum atomic E-state index is 5.85. The SMILES string of the molecule is C=C(C)C1c2ccccc2C=NN1COCC[Si](C)(C)C. The molecule has 2 rings (SSSR count). The molecule has 0 radical (unpaired) electrons. The number of hydrogen-bond donors (Lipinski definition) is 0. The minimum absolute atomic E-state index is 0.109. The third-order valence-corrected chi connectivity index (χ3v) is 5.32. The summed E-state index contributed by atoms with van der Waals surface area (Å²) < 4.78 is 5.85. The normalized spacial score (nSPS) is 17.7. The monoisotopic (exact) mass is 302 g/mol. The molecule has 21 heavy (non-hydrogen) atoms. The van der Waals surface area contributed by atoms with Crippen LogP contribution in [-0.4, -0.2) is 32.6 Å². The van der Waals surface area contributed by atoms with Gasteiger partial charge < -0.3 is 4.74 Å². The van der Waals surface area contributed by atoms with Crippen LogP contribution in [0.5, 0.6) is 0 Å². The van der Waals surface area contributed by atoms with Gasteiger partial charge in [0.1, 0.15) is 6.73 Å². The van der Waals surface area contributed by atoms with E-state index in [2.05, 4.69) is 56.4 Å². The maximum Gasteiger partial charge on any atom is 0.135 e. The van der Waals surface area contributed by atoms with Gasteiger partial charge in [0.05, 0.1) is 12.3 Å². The smallest absolute Gasteiger partial charge is 0.135 e. The second-order valence-corrected chi connectivity index (χ2v) is 12.5. The van der Waals surface area contributed by atoms with Crippen molar-refractivity contribution < 1.29 is 4.74 Å². The minimum atomic E-state index is -1.04. The van der Waals surface area contributed by atoms with Gasteiger partial charge in [-0.05, 0) is 18.5 Å². The highest BCUT2D eigenvalue weighted by Crippen LogP contribution is 2.32. The molecule has 1 aliphatic heterocycles. The van der Waals surface area contributed by atoms with Crippen molar-refractivity contribution in [1.29, 1.82) is 0 Å². The van der Waals surface area contributed by atoms with Gasteiger partial charge in [-0.15, -0.1) is 0 Å². The third kappa shape index (κ3) is 4.28. The topological polar surface area (TPSA) is 24.8 Å². The zero-order valence-electron chi connectivity index (χ0n) is 13.6. The summed E-state index contributed by atoms with van der Waals surface area (Å²) in [5.74, 6) is 0. The number of hydrazone groups is 1. The lowest BCUT2D eigenvalue weighted by Crippen LogP contribution is -2.31. The first-order chi connectivity index (χ1) is 9.88. The Labute approximate surface area is 129 Å². The van der Waals surface area contributed by atoms with Crippen LogP contribution in [0.2, 0.25) is 25.7 Å². The summed E-state index contributed by atoms with van der Waals surface area (Å²) in [5, 5.41) is 6.54. The highest BCUT2D eigenvalue weighted by molar-refractivity contribution is 6.76. The Morgan fingerprint density at radius 2 is 2.05 bits per heavy atom. The molecule has 1 aromatic carbocycles. The van der Waals surface area contributed by atoms with Gasteiger partial charge in [0.15, 0.2) is 0 Å². The molecule has 3 nitrogen and oxygen atoms in total. The van der Waals surface area contributed by atoms with Gasteiger partial charge in [-0.2, -0.15) is 5.10 Å². The Morgan fingerprint density at radius 1 is 1.33 bits per heavy atom. The standard InChI is InChI=1S/C17H26N2OSi/c1-14(2)17-16-9-7-6-8-15(16)12-18-19(17)13-20-10-11-21(3,4)5/h6-9,12,17H,1,10-11,13H2,2-5H3. The highest BCUT2D eigenvalue weighted by Gasteiger charge is 2.25. The molecular weight excluding hydrogens is 276 g/mol.